The summed E-state index contributed by atoms with van der Waals surface area (Å²) in [6.07, 6.45) is 4.04. The second-order valence-electron chi connectivity index (χ2n) is 4.86. The molecule has 0 fully saturated rings. The summed E-state index contributed by atoms with van der Waals surface area (Å²) in [6.45, 7) is 0. The van der Waals surface area contributed by atoms with Gasteiger partial charge in [0, 0.05) is 5.56 Å². The summed E-state index contributed by atoms with van der Waals surface area (Å²) in [6, 6.07) is 10.8. The highest BCUT2D eigenvalue weighted by Gasteiger charge is 2.17. The lowest BCUT2D eigenvalue weighted by atomic mass is 9.99. The molecule has 0 aliphatic heterocycles. The molecule has 0 bridgehead atoms. The molecule has 0 saturated heterocycles. The number of alkyl halides is 1. The Hall–Kier alpha value is -1.80. The highest BCUT2D eigenvalue weighted by Crippen LogP contribution is 2.37. The van der Waals surface area contributed by atoms with Gasteiger partial charge in [-0.1, -0.05) is 30.3 Å². The molecular formula is C16H12ClNO. The van der Waals surface area contributed by atoms with Crippen LogP contribution in [0.5, 0.6) is 0 Å². The van der Waals surface area contributed by atoms with Crippen LogP contribution in [-0.2, 0) is 18.7 Å². The molecule has 0 unspecified atom stereocenters. The molecule has 4 rings (SSSR count). The second-order valence-corrected chi connectivity index (χ2v) is 5.13. The van der Waals surface area contributed by atoms with Crippen molar-refractivity contribution in [3.05, 3.63) is 53.5 Å². The van der Waals surface area contributed by atoms with Crippen molar-refractivity contribution in [3.63, 3.8) is 0 Å². The summed E-state index contributed by atoms with van der Waals surface area (Å²) in [5.41, 5.74) is 3.98. The molecule has 0 saturated carbocycles. The van der Waals surface area contributed by atoms with Gasteiger partial charge in [-0.2, -0.15) is 0 Å². The van der Waals surface area contributed by atoms with Gasteiger partial charge in [-0.3, -0.25) is 0 Å². The highest BCUT2D eigenvalue weighted by atomic mass is 35.5. The third-order valence-electron chi connectivity index (χ3n) is 3.81. The number of hydrogen-bond acceptors (Lipinski definition) is 2. The predicted molar refractivity (Wildman–Crippen MR) is 76.4 cm³/mol. The molecule has 94 valence electrons. The molecule has 0 atom stereocenters. The standard InChI is InChI=1S/C16H12ClNO/c17-8-15-18-9-14(19-15)12-7-6-11-5-4-10-2-1-3-13(12)16(10)11/h1-3,6-7,9H,4-5,8H2. The molecule has 3 heteroatoms. The number of nitrogens with zero attached hydrogens (tertiary/aromatic N) is 1. The van der Waals surface area contributed by atoms with Gasteiger partial charge in [0.25, 0.3) is 0 Å². The molecule has 0 radical (unpaired) electrons. The van der Waals surface area contributed by atoms with Crippen LogP contribution in [0.1, 0.15) is 17.0 Å². The van der Waals surface area contributed by atoms with Crippen molar-refractivity contribution in [1.29, 1.82) is 0 Å². The first-order valence-electron chi connectivity index (χ1n) is 6.41. The lowest BCUT2D eigenvalue weighted by Crippen LogP contribution is -1.83. The Kier molecular flexibility index (Phi) is 2.39. The zero-order valence-corrected chi connectivity index (χ0v) is 11.1. The van der Waals surface area contributed by atoms with E-state index in [1.54, 1.807) is 6.20 Å². The molecule has 2 nitrogen and oxygen atoms in total. The van der Waals surface area contributed by atoms with Crippen molar-refractivity contribution >= 4 is 22.4 Å². The second kappa shape index (κ2) is 4.10. The van der Waals surface area contributed by atoms with E-state index in [1.165, 1.54) is 21.9 Å². The van der Waals surface area contributed by atoms with Gasteiger partial charge >= 0.3 is 0 Å². The molecule has 1 aromatic heterocycles. The van der Waals surface area contributed by atoms with Gasteiger partial charge in [0.05, 0.1) is 12.1 Å². The van der Waals surface area contributed by atoms with Crippen LogP contribution in [0, 0.1) is 0 Å². The van der Waals surface area contributed by atoms with Gasteiger partial charge in [-0.25, -0.2) is 4.98 Å². The van der Waals surface area contributed by atoms with Gasteiger partial charge in [0.15, 0.2) is 5.76 Å². The Labute approximate surface area is 116 Å². The van der Waals surface area contributed by atoms with Crippen molar-refractivity contribution in [1.82, 2.24) is 4.98 Å². The van der Waals surface area contributed by atoms with E-state index in [-0.39, 0.29) is 0 Å². The molecule has 0 amide bonds. The fraction of sp³-hybridized carbons (Fsp3) is 0.188. The fourth-order valence-corrected chi connectivity index (χ4v) is 3.08. The van der Waals surface area contributed by atoms with Gasteiger partial charge < -0.3 is 4.42 Å². The van der Waals surface area contributed by atoms with Crippen LogP contribution < -0.4 is 0 Å². The minimum absolute atomic E-state index is 0.307. The van der Waals surface area contributed by atoms with E-state index < -0.39 is 0 Å². The van der Waals surface area contributed by atoms with E-state index in [9.17, 15) is 0 Å². The maximum atomic E-state index is 5.75. The minimum atomic E-state index is 0.307. The molecule has 1 aliphatic rings. The Morgan fingerprint density at radius 1 is 1.11 bits per heavy atom. The van der Waals surface area contributed by atoms with Crippen LogP contribution >= 0.6 is 11.6 Å². The average Bonchev–Trinajstić information content (AvgIpc) is 3.08. The van der Waals surface area contributed by atoms with Crippen LogP contribution in [0.25, 0.3) is 22.1 Å². The Bertz CT molecular complexity index is 765. The fourth-order valence-electron chi connectivity index (χ4n) is 2.96. The number of halogens is 1. The van der Waals surface area contributed by atoms with E-state index in [0.29, 0.717) is 11.8 Å². The largest absolute Gasteiger partial charge is 0.439 e. The first-order chi connectivity index (χ1) is 9.36. The summed E-state index contributed by atoms with van der Waals surface area (Å²) < 4.78 is 5.68. The van der Waals surface area contributed by atoms with E-state index in [1.807, 2.05) is 0 Å². The van der Waals surface area contributed by atoms with Crippen molar-refractivity contribution in [2.24, 2.45) is 0 Å². The predicted octanol–water partition coefficient (Wildman–Crippen LogP) is 4.33. The van der Waals surface area contributed by atoms with E-state index in [2.05, 4.69) is 35.3 Å². The zero-order chi connectivity index (χ0) is 12.8. The SMILES string of the molecule is ClCc1ncc(-c2ccc3c4c(cccc24)CC3)o1. The van der Waals surface area contributed by atoms with Gasteiger partial charge in [-0.15, -0.1) is 11.6 Å². The third-order valence-corrected chi connectivity index (χ3v) is 4.04. The average molecular weight is 270 g/mol. The van der Waals surface area contributed by atoms with Crippen LogP contribution in [0.15, 0.2) is 40.9 Å². The van der Waals surface area contributed by atoms with Crippen LogP contribution in [-0.4, -0.2) is 4.98 Å². The quantitative estimate of drug-likeness (QED) is 0.647. The Morgan fingerprint density at radius 3 is 2.74 bits per heavy atom. The van der Waals surface area contributed by atoms with Crippen LogP contribution in [0.2, 0.25) is 0 Å². The number of benzene rings is 2. The summed E-state index contributed by atoms with van der Waals surface area (Å²) in [4.78, 5) is 4.18. The summed E-state index contributed by atoms with van der Waals surface area (Å²) >= 11 is 5.75. The number of rotatable bonds is 2. The van der Waals surface area contributed by atoms with E-state index in [4.69, 9.17) is 16.0 Å². The minimum Gasteiger partial charge on any atom is -0.439 e. The van der Waals surface area contributed by atoms with Crippen molar-refractivity contribution in [3.8, 4) is 11.3 Å². The Balaban J connectivity index is 2.01. The molecular weight excluding hydrogens is 258 g/mol. The highest BCUT2D eigenvalue weighted by molar-refractivity contribution is 6.16. The lowest BCUT2D eigenvalue weighted by Gasteiger charge is -2.06. The number of oxazole rings is 1. The smallest absolute Gasteiger partial charge is 0.209 e. The number of aryl methyl sites for hydroxylation is 2. The normalized spacial score (nSPS) is 13.3. The zero-order valence-electron chi connectivity index (χ0n) is 10.3. The van der Waals surface area contributed by atoms with Crippen molar-refractivity contribution in [2.75, 3.05) is 0 Å². The molecule has 1 aliphatic carbocycles. The van der Waals surface area contributed by atoms with Crippen molar-refractivity contribution in [2.45, 2.75) is 18.7 Å². The molecule has 0 N–H and O–H groups in total. The molecule has 2 aromatic carbocycles. The monoisotopic (exact) mass is 269 g/mol. The van der Waals surface area contributed by atoms with E-state index in [0.717, 1.165) is 24.2 Å². The summed E-state index contributed by atoms with van der Waals surface area (Å²) in [7, 11) is 0. The first kappa shape index (κ1) is 11.1. The maximum absolute atomic E-state index is 5.75. The number of aromatic nitrogens is 1. The van der Waals surface area contributed by atoms with Gasteiger partial charge in [0.2, 0.25) is 5.89 Å². The summed E-state index contributed by atoms with van der Waals surface area (Å²) in [5, 5.41) is 2.65. The van der Waals surface area contributed by atoms with Gasteiger partial charge in [0.1, 0.15) is 0 Å². The van der Waals surface area contributed by atoms with Gasteiger partial charge in [-0.05, 0) is 34.7 Å². The molecule has 0 spiro atoms. The molecule has 3 aromatic rings. The molecule has 19 heavy (non-hydrogen) atoms. The molecule has 1 heterocycles. The lowest BCUT2D eigenvalue weighted by molar-refractivity contribution is 0.529. The maximum Gasteiger partial charge on any atom is 0.209 e. The first-order valence-corrected chi connectivity index (χ1v) is 6.95. The third kappa shape index (κ3) is 1.60. The summed E-state index contributed by atoms with van der Waals surface area (Å²) in [5.74, 6) is 1.67. The Morgan fingerprint density at radius 2 is 1.95 bits per heavy atom. The van der Waals surface area contributed by atoms with Crippen LogP contribution in [0.4, 0.5) is 0 Å². The van der Waals surface area contributed by atoms with E-state index >= 15 is 0 Å². The van der Waals surface area contributed by atoms with Crippen molar-refractivity contribution < 1.29 is 4.42 Å². The topological polar surface area (TPSA) is 26.0 Å². The van der Waals surface area contributed by atoms with Crippen LogP contribution in [0.3, 0.4) is 0 Å². The number of hydrogen-bond donors (Lipinski definition) is 0.